The standard InChI is InChI=1S/C12H20N8O/c1-4-14-10-16-11(19(3)6-7-21-5-2)18-12(17-10)20-9-13-8-15-20/h8-9H,4-7H2,1-3H3,(H,14,16,17,18). The number of likely N-dealkylation sites (N-methyl/N-ethyl adjacent to an activating group) is 1. The van der Waals surface area contributed by atoms with Gasteiger partial charge >= 0.3 is 0 Å². The van der Waals surface area contributed by atoms with E-state index in [1.165, 1.54) is 11.0 Å². The molecule has 114 valence electrons. The van der Waals surface area contributed by atoms with Gasteiger partial charge in [-0.1, -0.05) is 0 Å². The van der Waals surface area contributed by atoms with Crippen LogP contribution in [0.25, 0.3) is 5.95 Å². The normalized spacial score (nSPS) is 10.6. The average Bonchev–Trinajstić information content (AvgIpc) is 3.02. The minimum Gasteiger partial charge on any atom is -0.380 e. The number of rotatable bonds is 8. The number of aromatic nitrogens is 6. The second-order valence-electron chi connectivity index (χ2n) is 4.25. The minimum atomic E-state index is 0.428. The van der Waals surface area contributed by atoms with Crippen LogP contribution in [-0.4, -0.2) is 63.1 Å². The lowest BCUT2D eigenvalue weighted by atomic mass is 10.6. The first-order valence-corrected chi connectivity index (χ1v) is 6.88. The van der Waals surface area contributed by atoms with Crippen LogP contribution in [-0.2, 0) is 4.74 Å². The molecule has 0 atom stereocenters. The largest absolute Gasteiger partial charge is 0.380 e. The van der Waals surface area contributed by atoms with E-state index in [2.05, 4.69) is 30.4 Å². The van der Waals surface area contributed by atoms with Gasteiger partial charge in [0.05, 0.1) is 6.61 Å². The number of ether oxygens (including phenoxy) is 1. The van der Waals surface area contributed by atoms with Crippen LogP contribution < -0.4 is 10.2 Å². The zero-order chi connectivity index (χ0) is 15.1. The summed E-state index contributed by atoms with van der Waals surface area (Å²) < 4.78 is 6.85. The van der Waals surface area contributed by atoms with Gasteiger partial charge in [-0.05, 0) is 13.8 Å². The van der Waals surface area contributed by atoms with Crippen LogP contribution in [0, 0.1) is 0 Å². The molecule has 9 heteroatoms. The molecule has 9 nitrogen and oxygen atoms in total. The molecule has 0 spiro atoms. The zero-order valence-corrected chi connectivity index (χ0v) is 12.5. The van der Waals surface area contributed by atoms with E-state index in [1.807, 2.05) is 25.8 Å². The lowest BCUT2D eigenvalue weighted by Crippen LogP contribution is -2.26. The van der Waals surface area contributed by atoms with E-state index in [1.54, 1.807) is 6.33 Å². The summed E-state index contributed by atoms with van der Waals surface area (Å²) in [4.78, 5) is 18.9. The minimum absolute atomic E-state index is 0.428. The number of hydrogen-bond donors (Lipinski definition) is 1. The molecule has 21 heavy (non-hydrogen) atoms. The lowest BCUT2D eigenvalue weighted by Gasteiger charge is -2.18. The summed E-state index contributed by atoms with van der Waals surface area (Å²) in [5.74, 6) is 1.50. The van der Waals surface area contributed by atoms with Crippen molar-refractivity contribution in [3.05, 3.63) is 12.7 Å². The SMILES string of the molecule is CCNc1nc(N(C)CCOCC)nc(-n2cncn2)n1. The predicted octanol–water partition coefficient (Wildman–Crippen LogP) is 0.357. The molecule has 0 saturated heterocycles. The molecule has 2 rings (SSSR count). The fourth-order valence-electron chi connectivity index (χ4n) is 1.62. The Balaban J connectivity index is 2.23. The summed E-state index contributed by atoms with van der Waals surface area (Å²) in [7, 11) is 1.91. The average molecular weight is 292 g/mol. The number of hydrogen-bond acceptors (Lipinski definition) is 8. The van der Waals surface area contributed by atoms with Crippen LogP contribution in [0.5, 0.6) is 0 Å². The van der Waals surface area contributed by atoms with E-state index in [0.29, 0.717) is 37.6 Å². The van der Waals surface area contributed by atoms with Gasteiger partial charge in [0.25, 0.3) is 5.95 Å². The van der Waals surface area contributed by atoms with Gasteiger partial charge in [0, 0.05) is 26.7 Å². The maximum absolute atomic E-state index is 5.35. The highest BCUT2D eigenvalue weighted by Crippen LogP contribution is 2.11. The molecule has 2 heterocycles. The van der Waals surface area contributed by atoms with Crippen molar-refractivity contribution >= 4 is 11.9 Å². The zero-order valence-electron chi connectivity index (χ0n) is 12.5. The first-order chi connectivity index (χ1) is 10.2. The van der Waals surface area contributed by atoms with Crippen LogP contribution in [0.15, 0.2) is 12.7 Å². The molecule has 0 aliphatic carbocycles. The summed E-state index contributed by atoms with van der Waals surface area (Å²) in [6.45, 7) is 6.68. The fraction of sp³-hybridized carbons (Fsp3) is 0.583. The molecule has 0 bridgehead atoms. The van der Waals surface area contributed by atoms with E-state index in [0.717, 1.165) is 6.54 Å². The van der Waals surface area contributed by atoms with Gasteiger partial charge < -0.3 is 15.0 Å². The Hall–Kier alpha value is -2.29. The summed E-state index contributed by atoms with van der Waals surface area (Å²) in [6.07, 6.45) is 2.99. The van der Waals surface area contributed by atoms with Crippen molar-refractivity contribution in [1.82, 2.24) is 29.7 Å². The Labute approximate surface area is 123 Å². The highest BCUT2D eigenvalue weighted by molar-refractivity contribution is 5.39. The highest BCUT2D eigenvalue weighted by atomic mass is 16.5. The maximum Gasteiger partial charge on any atom is 0.258 e. The van der Waals surface area contributed by atoms with E-state index in [9.17, 15) is 0 Å². The van der Waals surface area contributed by atoms with E-state index in [4.69, 9.17) is 4.74 Å². The van der Waals surface area contributed by atoms with Gasteiger partial charge in [-0.25, -0.2) is 4.98 Å². The Morgan fingerprint density at radius 1 is 1.29 bits per heavy atom. The van der Waals surface area contributed by atoms with E-state index >= 15 is 0 Å². The van der Waals surface area contributed by atoms with Crippen molar-refractivity contribution in [3.8, 4) is 5.95 Å². The molecule has 2 aromatic rings. The molecule has 0 aromatic carbocycles. The van der Waals surface area contributed by atoms with Crippen molar-refractivity contribution in [3.63, 3.8) is 0 Å². The molecular weight excluding hydrogens is 272 g/mol. The number of nitrogens with one attached hydrogen (secondary N) is 1. The highest BCUT2D eigenvalue weighted by Gasteiger charge is 2.11. The molecule has 0 unspecified atom stereocenters. The van der Waals surface area contributed by atoms with E-state index < -0.39 is 0 Å². The van der Waals surface area contributed by atoms with Crippen molar-refractivity contribution in [2.24, 2.45) is 0 Å². The quantitative estimate of drug-likeness (QED) is 0.697. The van der Waals surface area contributed by atoms with Gasteiger partial charge in [0.1, 0.15) is 12.7 Å². The van der Waals surface area contributed by atoms with Crippen LogP contribution in [0.2, 0.25) is 0 Å². The fourth-order valence-corrected chi connectivity index (χ4v) is 1.62. The molecular formula is C12H20N8O. The van der Waals surface area contributed by atoms with Crippen LogP contribution >= 0.6 is 0 Å². The molecule has 0 saturated carbocycles. The van der Waals surface area contributed by atoms with Crippen LogP contribution in [0.3, 0.4) is 0 Å². The Morgan fingerprint density at radius 3 is 2.81 bits per heavy atom. The molecule has 2 aromatic heterocycles. The lowest BCUT2D eigenvalue weighted by molar-refractivity contribution is 0.154. The smallest absolute Gasteiger partial charge is 0.258 e. The van der Waals surface area contributed by atoms with Gasteiger partial charge in [-0.15, -0.1) is 0 Å². The third kappa shape index (κ3) is 4.09. The summed E-state index contributed by atoms with van der Waals surface area (Å²) in [6, 6.07) is 0. The van der Waals surface area contributed by atoms with Gasteiger partial charge in [0.15, 0.2) is 0 Å². The van der Waals surface area contributed by atoms with Gasteiger partial charge in [-0.2, -0.15) is 24.7 Å². The third-order valence-electron chi connectivity index (χ3n) is 2.69. The third-order valence-corrected chi connectivity index (χ3v) is 2.69. The molecule has 0 amide bonds. The van der Waals surface area contributed by atoms with Gasteiger partial charge in [-0.3, -0.25) is 0 Å². The molecule has 0 aliphatic heterocycles. The Morgan fingerprint density at radius 2 is 2.14 bits per heavy atom. The molecule has 1 N–H and O–H groups in total. The maximum atomic E-state index is 5.35. The summed E-state index contributed by atoms with van der Waals surface area (Å²) in [5.41, 5.74) is 0. The topological polar surface area (TPSA) is 93.9 Å². The van der Waals surface area contributed by atoms with Crippen molar-refractivity contribution in [2.45, 2.75) is 13.8 Å². The van der Waals surface area contributed by atoms with Crippen molar-refractivity contribution < 1.29 is 4.74 Å². The number of nitrogens with zero attached hydrogens (tertiary/aromatic N) is 7. The predicted molar refractivity (Wildman–Crippen MR) is 78.7 cm³/mol. The van der Waals surface area contributed by atoms with Crippen LogP contribution in [0.1, 0.15) is 13.8 Å². The van der Waals surface area contributed by atoms with Gasteiger partial charge in [0.2, 0.25) is 11.9 Å². The first kappa shape index (κ1) is 15.1. The van der Waals surface area contributed by atoms with Crippen molar-refractivity contribution in [2.75, 3.05) is 43.6 Å². The summed E-state index contributed by atoms with van der Waals surface area (Å²) in [5, 5.41) is 7.14. The monoisotopic (exact) mass is 292 g/mol. The molecule has 0 fully saturated rings. The van der Waals surface area contributed by atoms with E-state index in [-0.39, 0.29) is 0 Å². The number of anilines is 2. The molecule has 0 radical (unpaired) electrons. The second kappa shape index (κ2) is 7.48. The molecule has 0 aliphatic rings. The van der Waals surface area contributed by atoms with Crippen LogP contribution in [0.4, 0.5) is 11.9 Å². The Kier molecular flexibility index (Phi) is 5.38. The second-order valence-corrected chi connectivity index (χ2v) is 4.25. The Bertz CT molecular complexity index is 544. The van der Waals surface area contributed by atoms with Crippen molar-refractivity contribution in [1.29, 1.82) is 0 Å². The summed E-state index contributed by atoms with van der Waals surface area (Å²) >= 11 is 0. The first-order valence-electron chi connectivity index (χ1n) is 6.88.